The Morgan fingerprint density at radius 2 is 1.62 bits per heavy atom. The van der Waals surface area contributed by atoms with Gasteiger partial charge in [0, 0.05) is 6.42 Å². The van der Waals surface area contributed by atoms with Crippen molar-refractivity contribution in [2.45, 2.75) is 59.3 Å². The Labute approximate surface area is 187 Å². The number of carbonyl (C=O) groups excluding carboxylic acids is 2. The summed E-state index contributed by atoms with van der Waals surface area (Å²) in [5.74, 6) is -0.894. The summed E-state index contributed by atoms with van der Waals surface area (Å²) < 4.78 is 15.5. The fourth-order valence-corrected chi connectivity index (χ4v) is 3.01. The van der Waals surface area contributed by atoms with Crippen LogP contribution in [0.3, 0.4) is 0 Å². The summed E-state index contributed by atoms with van der Waals surface area (Å²) >= 11 is 0. The van der Waals surface area contributed by atoms with Crippen LogP contribution in [-0.4, -0.2) is 35.0 Å². The highest BCUT2D eigenvalue weighted by atomic mass is 16.7. The molecule has 32 heavy (non-hydrogen) atoms. The molecule has 0 spiro atoms. The van der Waals surface area contributed by atoms with Gasteiger partial charge in [-0.15, -0.1) is 0 Å². The van der Waals surface area contributed by atoms with Gasteiger partial charge in [0.2, 0.25) is 0 Å². The zero-order valence-electron chi connectivity index (χ0n) is 18.9. The lowest BCUT2D eigenvalue weighted by Gasteiger charge is -2.20. The third-order valence-electron chi connectivity index (χ3n) is 4.47. The number of hydrogen-bond donors (Lipinski definition) is 2. The van der Waals surface area contributed by atoms with Crippen LogP contribution in [0.25, 0.3) is 0 Å². The fraction of sp³-hybridized carbons (Fsp3) is 0.375. The van der Waals surface area contributed by atoms with E-state index in [1.165, 1.54) is 0 Å². The summed E-state index contributed by atoms with van der Waals surface area (Å²) in [6.07, 6.45) is -1.60. The van der Waals surface area contributed by atoms with Crippen LogP contribution in [0, 0.1) is 13.8 Å². The molecule has 0 saturated carbocycles. The summed E-state index contributed by atoms with van der Waals surface area (Å²) in [6, 6.07) is 11.1. The molecule has 0 radical (unpaired) electrons. The smallest absolute Gasteiger partial charge is 0.480 e. The van der Waals surface area contributed by atoms with E-state index in [0.29, 0.717) is 16.9 Å². The highest BCUT2D eigenvalue weighted by Crippen LogP contribution is 2.24. The molecule has 2 N–H and O–H groups in total. The zero-order valence-corrected chi connectivity index (χ0v) is 18.9. The maximum atomic E-state index is 12.1. The van der Waals surface area contributed by atoms with Gasteiger partial charge in [-0.2, -0.15) is 0 Å². The Balaban J connectivity index is 2.04. The number of ether oxygens (including phenoxy) is 3. The first-order valence-electron chi connectivity index (χ1n) is 10.2. The maximum absolute atomic E-state index is 12.1. The van der Waals surface area contributed by atoms with Crippen molar-refractivity contribution >= 4 is 18.2 Å². The van der Waals surface area contributed by atoms with Crippen molar-refractivity contribution in [3.63, 3.8) is 0 Å². The van der Waals surface area contributed by atoms with Crippen molar-refractivity contribution in [3.05, 3.63) is 64.7 Å². The first-order valence-corrected chi connectivity index (χ1v) is 10.2. The molecular formula is C24H29NO7. The molecule has 2 aromatic carbocycles. The molecule has 0 aliphatic carbocycles. The number of carbonyl (C=O) groups is 3. The number of hydrogen-bond acceptors (Lipinski definition) is 6. The molecule has 0 fully saturated rings. The molecule has 0 aromatic heterocycles. The van der Waals surface area contributed by atoms with E-state index < -0.39 is 29.9 Å². The topological polar surface area (TPSA) is 111 Å². The van der Waals surface area contributed by atoms with Crippen LogP contribution < -0.4 is 10.1 Å². The van der Waals surface area contributed by atoms with E-state index in [1.807, 2.05) is 18.2 Å². The fourth-order valence-electron chi connectivity index (χ4n) is 3.01. The van der Waals surface area contributed by atoms with Crippen molar-refractivity contribution in [1.29, 1.82) is 0 Å². The first kappa shape index (κ1) is 24.7. The number of alkyl carbamates (subject to hydrolysis) is 1. The van der Waals surface area contributed by atoms with E-state index in [0.717, 1.165) is 11.1 Å². The highest BCUT2D eigenvalue weighted by Gasteiger charge is 2.24. The Morgan fingerprint density at radius 3 is 2.16 bits per heavy atom. The lowest BCUT2D eigenvalue weighted by molar-refractivity contribution is -0.139. The molecule has 0 unspecified atom stereocenters. The van der Waals surface area contributed by atoms with Gasteiger partial charge < -0.3 is 24.6 Å². The second-order valence-electron chi connectivity index (χ2n) is 8.40. The second kappa shape index (κ2) is 10.7. The molecule has 0 aliphatic heterocycles. The molecule has 1 amide bonds. The average Bonchev–Trinajstić information content (AvgIpc) is 2.67. The molecule has 2 rings (SSSR count). The molecule has 8 nitrogen and oxygen atoms in total. The molecule has 1 atom stereocenters. The first-order chi connectivity index (χ1) is 14.9. The van der Waals surface area contributed by atoms with Crippen molar-refractivity contribution < 1.29 is 33.7 Å². The summed E-state index contributed by atoms with van der Waals surface area (Å²) in [4.78, 5) is 35.7. The van der Waals surface area contributed by atoms with Crippen molar-refractivity contribution in [2.24, 2.45) is 0 Å². The summed E-state index contributed by atoms with van der Waals surface area (Å²) in [5, 5.41) is 12.0. The summed E-state index contributed by atoms with van der Waals surface area (Å²) in [5.41, 5.74) is 2.26. The number of aryl methyl sites for hydroxylation is 2. The number of aliphatic carboxylic acids is 1. The Kier molecular flexibility index (Phi) is 8.23. The van der Waals surface area contributed by atoms with Crippen LogP contribution in [0.1, 0.15) is 43.0 Å². The monoisotopic (exact) mass is 443 g/mol. The lowest BCUT2D eigenvalue weighted by Crippen LogP contribution is -2.42. The highest BCUT2D eigenvalue weighted by molar-refractivity contribution is 5.80. The third kappa shape index (κ3) is 7.94. The van der Waals surface area contributed by atoms with Crippen LogP contribution in [-0.2, 0) is 27.3 Å². The van der Waals surface area contributed by atoms with Crippen molar-refractivity contribution in [3.8, 4) is 5.75 Å². The van der Waals surface area contributed by atoms with E-state index >= 15 is 0 Å². The number of carboxylic acid groups (broad SMARTS) is 1. The number of nitrogens with one attached hydrogen (secondary N) is 1. The minimum atomic E-state index is -1.19. The quantitative estimate of drug-likeness (QED) is 0.477. The minimum absolute atomic E-state index is 0.0355. The second-order valence-corrected chi connectivity index (χ2v) is 8.40. The number of benzene rings is 2. The van der Waals surface area contributed by atoms with Crippen molar-refractivity contribution in [1.82, 2.24) is 5.32 Å². The number of amides is 1. The van der Waals surface area contributed by atoms with E-state index in [9.17, 15) is 19.5 Å². The van der Waals surface area contributed by atoms with Crippen LogP contribution >= 0.6 is 0 Å². The van der Waals surface area contributed by atoms with Gasteiger partial charge in [-0.05, 0) is 69.0 Å². The predicted octanol–water partition coefficient (Wildman–Crippen LogP) is 4.54. The molecule has 0 bridgehead atoms. The molecule has 8 heteroatoms. The number of rotatable bonds is 7. The van der Waals surface area contributed by atoms with E-state index in [2.05, 4.69) is 5.32 Å². The van der Waals surface area contributed by atoms with Gasteiger partial charge >= 0.3 is 18.2 Å². The summed E-state index contributed by atoms with van der Waals surface area (Å²) in [7, 11) is 0. The molecule has 172 valence electrons. The van der Waals surface area contributed by atoms with Gasteiger partial charge in [-0.25, -0.2) is 14.4 Å². The Bertz CT molecular complexity index is 941. The van der Waals surface area contributed by atoms with Crippen LogP contribution in [0.2, 0.25) is 0 Å². The minimum Gasteiger partial charge on any atom is -0.480 e. The van der Waals surface area contributed by atoms with Crippen molar-refractivity contribution in [2.75, 3.05) is 0 Å². The van der Waals surface area contributed by atoms with E-state index in [1.54, 1.807) is 58.9 Å². The standard InChI is InChI=1S/C24H29NO7/c1-15-11-18(31-23(29)32-24(3,4)5)12-16(2)19(15)13-20(21(26)27)25-22(28)30-14-17-9-7-6-8-10-17/h6-12,20H,13-14H2,1-5H3,(H,25,28)(H,26,27)/t20-/m0/s1. The number of carboxylic acids is 1. The lowest BCUT2D eigenvalue weighted by atomic mass is 9.96. The Hall–Kier alpha value is -3.55. The maximum Gasteiger partial charge on any atom is 0.514 e. The van der Waals surface area contributed by atoms with Crippen LogP contribution in [0.5, 0.6) is 5.75 Å². The third-order valence-corrected chi connectivity index (χ3v) is 4.47. The van der Waals surface area contributed by atoms with Gasteiger partial charge in [-0.1, -0.05) is 30.3 Å². The predicted molar refractivity (Wildman–Crippen MR) is 118 cm³/mol. The summed E-state index contributed by atoms with van der Waals surface area (Å²) in [6.45, 7) is 8.79. The van der Waals surface area contributed by atoms with Gasteiger partial charge in [-0.3, -0.25) is 0 Å². The Morgan fingerprint density at radius 1 is 1.03 bits per heavy atom. The van der Waals surface area contributed by atoms with Gasteiger partial charge in [0.25, 0.3) is 0 Å². The largest absolute Gasteiger partial charge is 0.514 e. The van der Waals surface area contributed by atoms with E-state index in [-0.39, 0.29) is 13.0 Å². The van der Waals surface area contributed by atoms with Crippen LogP contribution in [0.4, 0.5) is 9.59 Å². The van der Waals surface area contributed by atoms with Crippen LogP contribution in [0.15, 0.2) is 42.5 Å². The van der Waals surface area contributed by atoms with Gasteiger partial charge in [0.05, 0.1) is 0 Å². The SMILES string of the molecule is Cc1cc(OC(=O)OC(C)(C)C)cc(C)c1C[C@H](NC(=O)OCc1ccccc1)C(=O)O. The molecule has 2 aromatic rings. The molecular weight excluding hydrogens is 414 g/mol. The normalized spacial score (nSPS) is 11.9. The molecule has 0 heterocycles. The van der Waals surface area contributed by atoms with Gasteiger partial charge in [0.15, 0.2) is 0 Å². The van der Waals surface area contributed by atoms with E-state index in [4.69, 9.17) is 14.2 Å². The average molecular weight is 443 g/mol. The zero-order chi connectivity index (χ0) is 23.9. The van der Waals surface area contributed by atoms with Gasteiger partial charge in [0.1, 0.15) is 24.0 Å². The molecule has 0 aliphatic rings. The molecule has 0 saturated heterocycles.